The van der Waals surface area contributed by atoms with Crippen molar-refractivity contribution in [2.24, 2.45) is 0 Å². The second kappa shape index (κ2) is 7.45. The minimum atomic E-state index is -3.48. The fraction of sp³-hybridized carbons (Fsp3) is 0.368. The summed E-state index contributed by atoms with van der Waals surface area (Å²) in [6.45, 7) is 3.25. The first-order valence-electron chi connectivity index (χ1n) is 8.38. The van der Waals surface area contributed by atoms with Crippen LogP contribution < -0.4 is 9.04 Å². The van der Waals surface area contributed by atoms with Crippen molar-refractivity contribution in [1.29, 1.82) is 0 Å². The summed E-state index contributed by atoms with van der Waals surface area (Å²) in [7, 11) is -1.90. The van der Waals surface area contributed by atoms with E-state index in [0.717, 1.165) is 23.5 Å². The van der Waals surface area contributed by atoms with Crippen LogP contribution in [0.1, 0.15) is 18.1 Å². The maximum absolute atomic E-state index is 12.8. The highest BCUT2D eigenvalue weighted by molar-refractivity contribution is 7.92. The Hall–Kier alpha value is -2.05. The van der Waals surface area contributed by atoms with Gasteiger partial charge in [-0.1, -0.05) is 37.3 Å². The Morgan fingerprint density at radius 1 is 1.16 bits per heavy atom. The largest absolute Gasteiger partial charge is 0.490 e. The lowest BCUT2D eigenvalue weighted by molar-refractivity contribution is 0.261. The number of ether oxygens (including phenoxy) is 2. The van der Waals surface area contributed by atoms with E-state index >= 15 is 0 Å². The number of hydrogen-bond acceptors (Lipinski definition) is 4. The van der Waals surface area contributed by atoms with E-state index in [1.165, 1.54) is 4.31 Å². The van der Waals surface area contributed by atoms with E-state index in [-0.39, 0.29) is 11.9 Å². The van der Waals surface area contributed by atoms with Crippen molar-refractivity contribution in [1.82, 2.24) is 0 Å². The fourth-order valence-electron chi connectivity index (χ4n) is 2.72. The molecule has 134 valence electrons. The highest BCUT2D eigenvalue weighted by Crippen LogP contribution is 2.27. The van der Waals surface area contributed by atoms with Gasteiger partial charge in [0.05, 0.1) is 18.0 Å². The lowest BCUT2D eigenvalue weighted by Gasteiger charge is -2.21. The number of nitrogens with zero attached hydrogens (tertiary/aromatic N) is 1. The Labute approximate surface area is 149 Å². The van der Waals surface area contributed by atoms with Crippen LogP contribution in [0.15, 0.2) is 48.5 Å². The summed E-state index contributed by atoms with van der Waals surface area (Å²) in [4.78, 5) is 0. The summed E-state index contributed by atoms with van der Waals surface area (Å²) in [5, 5.41) is 0. The Morgan fingerprint density at radius 2 is 1.88 bits per heavy atom. The maximum atomic E-state index is 12.8. The molecular formula is C19H23NO4S. The number of epoxide rings is 1. The van der Waals surface area contributed by atoms with Crippen LogP contribution in [0.2, 0.25) is 0 Å². The summed E-state index contributed by atoms with van der Waals surface area (Å²) in [5.41, 5.74) is 2.37. The standard InChI is InChI=1S/C19H23NO4S/c1-3-18-15(8-7-11-19(18)24-13-17-12-23-17)14-25(21,22)20(2)16-9-5-4-6-10-16/h4-11,17H,3,12-14H2,1-2H3. The minimum absolute atomic E-state index is 0.0568. The van der Waals surface area contributed by atoms with E-state index < -0.39 is 10.0 Å². The van der Waals surface area contributed by atoms with Gasteiger partial charge in [-0.15, -0.1) is 0 Å². The van der Waals surface area contributed by atoms with Gasteiger partial charge in [0.1, 0.15) is 18.5 Å². The Balaban J connectivity index is 1.82. The minimum Gasteiger partial charge on any atom is -0.490 e. The van der Waals surface area contributed by atoms with Crippen LogP contribution in [0.3, 0.4) is 0 Å². The first kappa shape index (κ1) is 17.8. The molecule has 0 N–H and O–H groups in total. The molecular weight excluding hydrogens is 338 g/mol. The molecule has 1 saturated heterocycles. The quantitative estimate of drug-likeness (QED) is 0.678. The molecule has 0 bridgehead atoms. The zero-order chi connectivity index (χ0) is 17.9. The Bertz CT molecular complexity index is 817. The van der Waals surface area contributed by atoms with Gasteiger partial charge in [-0.3, -0.25) is 4.31 Å². The van der Waals surface area contributed by atoms with E-state index in [9.17, 15) is 8.42 Å². The lowest BCUT2D eigenvalue weighted by Crippen LogP contribution is -2.28. The van der Waals surface area contributed by atoms with E-state index in [1.807, 2.05) is 43.3 Å². The molecule has 2 aromatic rings. The van der Waals surface area contributed by atoms with Crippen LogP contribution in [0, 0.1) is 0 Å². The third kappa shape index (κ3) is 4.32. The Morgan fingerprint density at radius 3 is 2.52 bits per heavy atom. The van der Waals surface area contributed by atoms with Gasteiger partial charge in [-0.25, -0.2) is 8.42 Å². The number of rotatable bonds is 8. The summed E-state index contributed by atoms with van der Waals surface area (Å²) >= 11 is 0. The van der Waals surface area contributed by atoms with E-state index in [0.29, 0.717) is 18.7 Å². The number of sulfonamides is 1. The molecule has 1 aliphatic rings. The van der Waals surface area contributed by atoms with Crippen molar-refractivity contribution in [2.45, 2.75) is 25.2 Å². The molecule has 0 saturated carbocycles. The van der Waals surface area contributed by atoms with Crippen LogP contribution in [0.5, 0.6) is 5.75 Å². The van der Waals surface area contributed by atoms with Crippen molar-refractivity contribution < 1.29 is 17.9 Å². The molecule has 0 spiro atoms. The normalized spacial score (nSPS) is 16.5. The van der Waals surface area contributed by atoms with Crippen LogP contribution in [-0.4, -0.2) is 34.8 Å². The molecule has 0 radical (unpaired) electrons. The lowest BCUT2D eigenvalue weighted by atomic mass is 10.1. The first-order chi connectivity index (χ1) is 12.0. The fourth-order valence-corrected chi connectivity index (χ4v) is 4.02. The average molecular weight is 361 g/mol. The molecule has 1 heterocycles. The van der Waals surface area contributed by atoms with Gasteiger partial charge in [-0.2, -0.15) is 0 Å². The summed E-state index contributed by atoms with van der Waals surface area (Å²) in [6, 6.07) is 14.7. The van der Waals surface area contributed by atoms with Crippen molar-refractivity contribution in [3.63, 3.8) is 0 Å². The zero-order valence-corrected chi connectivity index (χ0v) is 15.3. The van der Waals surface area contributed by atoms with Crippen molar-refractivity contribution >= 4 is 15.7 Å². The van der Waals surface area contributed by atoms with Gasteiger partial charge in [0, 0.05) is 7.05 Å². The van der Waals surface area contributed by atoms with Gasteiger partial charge in [0.2, 0.25) is 10.0 Å². The predicted octanol–water partition coefficient (Wildman–Crippen LogP) is 2.99. The van der Waals surface area contributed by atoms with Gasteiger partial charge < -0.3 is 9.47 Å². The van der Waals surface area contributed by atoms with Gasteiger partial charge >= 0.3 is 0 Å². The van der Waals surface area contributed by atoms with Gasteiger partial charge in [0.15, 0.2) is 0 Å². The van der Waals surface area contributed by atoms with Crippen molar-refractivity contribution in [3.8, 4) is 5.75 Å². The summed E-state index contributed by atoms with van der Waals surface area (Å²) in [5.74, 6) is 0.687. The maximum Gasteiger partial charge on any atom is 0.239 e. The highest BCUT2D eigenvalue weighted by Gasteiger charge is 2.25. The Kier molecular flexibility index (Phi) is 5.30. The zero-order valence-electron chi connectivity index (χ0n) is 14.5. The van der Waals surface area contributed by atoms with Crippen LogP contribution in [0.4, 0.5) is 5.69 Å². The summed E-state index contributed by atoms with van der Waals surface area (Å²) in [6.07, 6.45) is 0.878. The van der Waals surface area contributed by atoms with Crippen molar-refractivity contribution in [2.75, 3.05) is 24.6 Å². The van der Waals surface area contributed by atoms with Crippen LogP contribution in [0.25, 0.3) is 0 Å². The molecule has 1 fully saturated rings. The third-order valence-corrected chi connectivity index (χ3v) is 6.01. The molecule has 5 nitrogen and oxygen atoms in total. The predicted molar refractivity (Wildman–Crippen MR) is 98.5 cm³/mol. The number of benzene rings is 2. The molecule has 2 aromatic carbocycles. The SMILES string of the molecule is CCc1c(CS(=O)(=O)N(C)c2ccccc2)cccc1OCC1CO1. The van der Waals surface area contributed by atoms with E-state index in [4.69, 9.17) is 9.47 Å². The number of para-hydroxylation sites is 1. The highest BCUT2D eigenvalue weighted by atomic mass is 32.2. The molecule has 3 rings (SSSR count). The molecule has 25 heavy (non-hydrogen) atoms. The number of hydrogen-bond donors (Lipinski definition) is 0. The topological polar surface area (TPSA) is 59.1 Å². The smallest absolute Gasteiger partial charge is 0.239 e. The van der Waals surface area contributed by atoms with Crippen LogP contribution in [-0.2, 0) is 26.9 Å². The third-order valence-electron chi connectivity index (χ3n) is 4.29. The number of anilines is 1. The second-order valence-corrected chi connectivity index (χ2v) is 8.07. The molecule has 0 aliphatic carbocycles. The van der Waals surface area contributed by atoms with Crippen molar-refractivity contribution in [3.05, 3.63) is 59.7 Å². The molecule has 0 amide bonds. The molecule has 0 aromatic heterocycles. The monoisotopic (exact) mass is 361 g/mol. The van der Waals surface area contributed by atoms with Gasteiger partial charge in [0.25, 0.3) is 0 Å². The molecule has 1 atom stereocenters. The molecule has 6 heteroatoms. The van der Waals surface area contributed by atoms with Gasteiger partial charge in [-0.05, 0) is 35.7 Å². The average Bonchev–Trinajstić information content (AvgIpc) is 3.44. The van der Waals surface area contributed by atoms with Crippen LogP contribution >= 0.6 is 0 Å². The van der Waals surface area contributed by atoms with E-state index in [1.54, 1.807) is 19.2 Å². The van der Waals surface area contributed by atoms with E-state index in [2.05, 4.69) is 0 Å². The summed E-state index contributed by atoms with van der Waals surface area (Å²) < 4.78 is 38.0. The second-order valence-electron chi connectivity index (χ2n) is 6.07. The first-order valence-corrected chi connectivity index (χ1v) is 9.99. The molecule has 1 aliphatic heterocycles. The molecule has 1 unspecified atom stereocenters.